The van der Waals surface area contributed by atoms with Gasteiger partial charge >= 0.3 is 0 Å². The monoisotopic (exact) mass is 470 g/mol. The van der Waals surface area contributed by atoms with E-state index in [9.17, 15) is 13.6 Å². The molecule has 2 N–H and O–H groups in total. The molecule has 5 heterocycles. The standard InChI is InChI=1S/C16H13N7O.C5H7F2NO2/c1-23-9-6-15(21-23)20-16-17-8-5-13(19-16)11-3-2-4-12(18-11)14-7-10-24-22-14;1-8-2-5(6,7)3(9)4(8)10/h2-10H,1H3,(H,17,19,20,21);3,9H,2H2,1H3. The fourth-order valence-electron chi connectivity index (χ4n) is 3.09. The lowest BCUT2D eigenvalue weighted by Gasteiger charge is -2.08. The lowest BCUT2D eigenvalue weighted by molar-refractivity contribution is -0.140. The van der Waals surface area contributed by atoms with Crippen LogP contribution in [0.3, 0.4) is 0 Å². The Labute approximate surface area is 192 Å². The summed E-state index contributed by atoms with van der Waals surface area (Å²) in [7, 11) is 3.08. The van der Waals surface area contributed by atoms with Crippen molar-refractivity contribution in [1.82, 2.24) is 34.8 Å². The van der Waals surface area contributed by atoms with Gasteiger partial charge in [-0.1, -0.05) is 11.2 Å². The largest absolute Gasteiger partial charge is 0.378 e. The average Bonchev–Trinajstić information content (AvgIpc) is 3.54. The van der Waals surface area contributed by atoms with Crippen molar-refractivity contribution in [2.75, 3.05) is 18.9 Å². The number of aliphatic hydroxyl groups is 1. The Morgan fingerprint density at radius 1 is 1.09 bits per heavy atom. The number of aromatic nitrogens is 6. The second-order valence-electron chi connectivity index (χ2n) is 7.42. The van der Waals surface area contributed by atoms with E-state index >= 15 is 0 Å². The Kier molecular flexibility index (Phi) is 6.27. The molecule has 1 aliphatic rings. The molecule has 0 spiro atoms. The molecule has 34 heavy (non-hydrogen) atoms. The number of nitrogens with one attached hydrogen (secondary N) is 1. The summed E-state index contributed by atoms with van der Waals surface area (Å²) in [5, 5.41) is 19.8. The predicted molar refractivity (Wildman–Crippen MR) is 116 cm³/mol. The van der Waals surface area contributed by atoms with Crippen molar-refractivity contribution in [3.63, 3.8) is 0 Å². The summed E-state index contributed by atoms with van der Waals surface area (Å²) < 4.78 is 31.2. The SMILES string of the molecule is CN1CC(F)(F)C(O)C1=O.Cn1ccc(Nc2nccc(-c3cccc(-c4ccon4)n3)n2)n1. The van der Waals surface area contributed by atoms with E-state index in [-0.39, 0.29) is 0 Å². The maximum Gasteiger partial charge on any atom is 0.299 e. The number of hydrogen-bond acceptors (Lipinski definition) is 9. The van der Waals surface area contributed by atoms with Crippen LogP contribution in [0.2, 0.25) is 0 Å². The van der Waals surface area contributed by atoms with Crippen molar-refractivity contribution in [3.8, 4) is 22.8 Å². The molecule has 4 aromatic heterocycles. The van der Waals surface area contributed by atoms with Crippen LogP contribution < -0.4 is 5.32 Å². The lowest BCUT2D eigenvalue weighted by Crippen LogP contribution is -2.33. The van der Waals surface area contributed by atoms with Gasteiger partial charge in [0.25, 0.3) is 11.8 Å². The molecule has 13 heteroatoms. The highest BCUT2D eigenvalue weighted by Crippen LogP contribution is 2.27. The molecule has 11 nitrogen and oxygen atoms in total. The quantitative estimate of drug-likeness (QED) is 0.460. The molecule has 1 unspecified atom stereocenters. The zero-order chi connectivity index (χ0) is 24.3. The fourth-order valence-corrected chi connectivity index (χ4v) is 3.09. The molecular weight excluding hydrogens is 450 g/mol. The maximum absolute atomic E-state index is 12.3. The number of hydrogen-bond donors (Lipinski definition) is 2. The summed E-state index contributed by atoms with van der Waals surface area (Å²) in [6.07, 6.45) is 2.90. The molecule has 0 bridgehead atoms. The van der Waals surface area contributed by atoms with Gasteiger partial charge in [-0.25, -0.2) is 23.7 Å². The third-order valence-electron chi connectivity index (χ3n) is 4.78. The van der Waals surface area contributed by atoms with Gasteiger partial charge in [-0.2, -0.15) is 5.10 Å². The first-order valence-corrected chi connectivity index (χ1v) is 10.0. The number of aryl methyl sites for hydroxylation is 1. The van der Waals surface area contributed by atoms with Gasteiger partial charge in [-0.15, -0.1) is 0 Å². The van der Waals surface area contributed by atoms with Crippen LogP contribution in [0.1, 0.15) is 0 Å². The summed E-state index contributed by atoms with van der Waals surface area (Å²) in [6, 6.07) is 11.1. The number of anilines is 2. The van der Waals surface area contributed by atoms with Crippen molar-refractivity contribution < 1.29 is 23.2 Å². The smallest absolute Gasteiger partial charge is 0.299 e. The van der Waals surface area contributed by atoms with Crippen molar-refractivity contribution in [1.29, 1.82) is 0 Å². The Morgan fingerprint density at radius 3 is 2.38 bits per heavy atom. The van der Waals surface area contributed by atoms with Crippen LogP contribution in [0, 0.1) is 0 Å². The molecule has 0 aliphatic carbocycles. The lowest BCUT2D eigenvalue weighted by atomic mass is 10.2. The van der Waals surface area contributed by atoms with E-state index in [0.29, 0.717) is 23.2 Å². The first-order valence-electron chi connectivity index (χ1n) is 10.0. The van der Waals surface area contributed by atoms with Gasteiger partial charge in [0.2, 0.25) is 5.95 Å². The molecular formula is C21H20F2N8O3. The van der Waals surface area contributed by atoms with Crippen LogP contribution >= 0.6 is 0 Å². The molecule has 4 aromatic rings. The molecule has 1 saturated heterocycles. The summed E-state index contributed by atoms with van der Waals surface area (Å²) in [5.41, 5.74) is 2.83. The predicted octanol–water partition coefficient (Wildman–Crippen LogP) is 2.13. The minimum atomic E-state index is -3.27. The zero-order valence-electron chi connectivity index (χ0n) is 18.1. The number of aliphatic hydroxyl groups excluding tert-OH is 1. The minimum Gasteiger partial charge on any atom is -0.378 e. The van der Waals surface area contributed by atoms with E-state index in [1.54, 1.807) is 23.0 Å². The summed E-state index contributed by atoms with van der Waals surface area (Å²) in [5.74, 6) is -3.05. The molecule has 5 rings (SSSR count). The number of amides is 1. The van der Waals surface area contributed by atoms with Gasteiger partial charge in [0.05, 0.1) is 23.6 Å². The van der Waals surface area contributed by atoms with E-state index in [0.717, 1.165) is 16.3 Å². The summed E-state index contributed by atoms with van der Waals surface area (Å²) >= 11 is 0. The van der Waals surface area contributed by atoms with E-state index in [2.05, 4.69) is 30.5 Å². The van der Waals surface area contributed by atoms with Gasteiger partial charge in [0.15, 0.2) is 11.9 Å². The number of pyridine rings is 1. The number of nitrogens with zero attached hydrogens (tertiary/aromatic N) is 7. The first-order chi connectivity index (χ1) is 16.2. The van der Waals surface area contributed by atoms with Gasteiger partial charge < -0.3 is 19.8 Å². The van der Waals surface area contributed by atoms with Crippen molar-refractivity contribution >= 4 is 17.7 Å². The normalized spacial score (nSPS) is 16.8. The Hall–Kier alpha value is -4.26. The maximum atomic E-state index is 12.3. The third-order valence-corrected chi connectivity index (χ3v) is 4.78. The molecule has 0 aromatic carbocycles. The number of rotatable bonds is 4. The average molecular weight is 470 g/mol. The van der Waals surface area contributed by atoms with Gasteiger partial charge in [-0.05, 0) is 18.2 Å². The second-order valence-corrected chi connectivity index (χ2v) is 7.42. The van der Waals surface area contributed by atoms with E-state index in [1.165, 1.54) is 13.3 Å². The van der Waals surface area contributed by atoms with Crippen LogP contribution in [-0.4, -0.2) is 71.4 Å². The Morgan fingerprint density at radius 2 is 1.82 bits per heavy atom. The number of likely N-dealkylation sites (N-methyl/N-ethyl adjacent to an activating group) is 1. The van der Waals surface area contributed by atoms with Crippen LogP contribution in [0.15, 0.2) is 59.6 Å². The number of halogens is 2. The Bertz CT molecular complexity index is 1280. The molecule has 1 fully saturated rings. The first kappa shape index (κ1) is 22.9. The number of carbonyl (C=O) groups excluding carboxylic acids is 1. The van der Waals surface area contributed by atoms with Gasteiger partial charge in [-0.3, -0.25) is 9.48 Å². The van der Waals surface area contributed by atoms with E-state index < -0.39 is 24.5 Å². The van der Waals surface area contributed by atoms with Crippen molar-refractivity contribution in [3.05, 3.63) is 55.1 Å². The van der Waals surface area contributed by atoms with Crippen molar-refractivity contribution in [2.24, 2.45) is 7.05 Å². The highest BCUT2D eigenvalue weighted by Gasteiger charge is 2.52. The second kappa shape index (κ2) is 9.31. The van der Waals surface area contributed by atoms with Crippen LogP contribution in [0.25, 0.3) is 22.8 Å². The Balaban J connectivity index is 0.000000231. The zero-order valence-corrected chi connectivity index (χ0v) is 18.1. The number of alkyl halides is 2. The molecule has 1 atom stereocenters. The van der Waals surface area contributed by atoms with Crippen LogP contribution in [0.5, 0.6) is 0 Å². The molecule has 176 valence electrons. The topological polar surface area (TPSA) is 135 Å². The van der Waals surface area contributed by atoms with Gasteiger partial charge in [0, 0.05) is 38.6 Å². The molecule has 0 radical (unpaired) electrons. The number of carbonyl (C=O) groups is 1. The van der Waals surface area contributed by atoms with E-state index in [1.807, 2.05) is 37.5 Å². The molecule has 0 saturated carbocycles. The number of likely N-dealkylation sites (tertiary alicyclic amines) is 1. The van der Waals surface area contributed by atoms with Crippen LogP contribution in [0.4, 0.5) is 20.5 Å². The highest BCUT2D eigenvalue weighted by atomic mass is 19.3. The minimum absolute atomic E-state index is 0.458. The molecule has 1 aliphatic heterocycles. The summed E-state index contributed by atoms with van der Waals surface area (Å²) in [4.78, 5) is 24.6. The fraction of sp³-hybridized carbons (Fsp3) is 0.238. The highest BCUT2D eigenvalue weighted by molar-refractivity contribution is 5.84. The molecule has 1 amide bonds. The van der Waals surface area contributed by atoms with Crippen LogP contribution in [-0.2, 0) is 11.8 Å². The van der Waals surface area contributed by atoms with Crippen molar-refractivity contribution in [2.45, 2.75) is 12.0 Å². The van der Waals surface area contributed by atoms with Gasteiger partial charge in [0.1, 0.15) is 12.0 Å². The third kappa shape index (κ3) is 5.04. The summed E-state index contributed by atoms with van der Waals surface area (Å²) in [6.45, 7) is -0.688. The van der Waals surface area contributed by atoms with E-state index in [4.69, 9.17) is 9.63 Å².